The van der Waals surface area contributed by atoms with Gasteiger partial charge in [-0.3, -0.25) is 9.69 Å². The van der Waals surface area contributed by atoms with Crippen molar-refractivity contribution in [3.63, 3.8) is 0 Å². The van der Waals surface area contributed by atoms with Gasteiger partial charge in [0.2, 0.25) is 0 Å². The lowest BCUT2D eigenvalue weighted by molar-refractivity contribution is -0.121. The highest BCUT2D eigenvalue weighted by Gasteiger charge is 2.26. The van der Waals surface area contributed by atoms with E-state index in [0.29, 0.717) is 18.7 Å². The fraction of sp³-hybridized carbons (Fsp3) is 0.381. The van der Waals surface area contributed by atoms with E-state index in [0.717, 1.165) is 23.2 Å². The minimum atomic E-state index is -1.33. The van der Waals surface area contributed by atoms with Gasteiger partial charge in [-0.1, -0.05) is 71.7 Å². The first-order valence-electron chi connectivity index (χ1n) is 9.25. The molecular weight excluding hydrogens is 421 g/mol. The van der Waals surface area contributed by atoms with Crippen LogP contribution in [0, 0.1) is 0 Å². The van der Waals surface area contributed by atoms with Crippen LogP contribution in [0.15, 0.2) is 48.5 Å². The van der Waals surface area contributed by atoms with Gasteiger partial charge in [-0.25, -0.2) is 8.78 Å². The maximum atomic E-state index is 13.3. The molecule has 1 amide bonds. The molecule has 2 unspecified atom stereocenters. The zero-order valence-electron chi connectivity index (χ0n) is 15.6. The number of amides is 1. The van der Waals surface area contributed by atoms with Crippen LogP contribution >= 0.6 is 23.2 Å². The number of halogens is 4. The van der Waals surface area contributed by atoms with Crippen LogP contribution in [0.4, 0.5) is 8.78 Å². The predicted octanol–water partition coefficient (Wildman–Crippen LogP) is 3.80. The molecule has 1 aliphatic rings. The van der Waals surface area contributed by atoms with Crippen molar-refractivity contribution in [2.45, 2.75) is 29.7 Å². The van der Waals surface area contributed by atoms with E-state index in [2.05, 4.69) is 5.32 Å². The average Bonchev–Trinajstić information content (AvgIpc) is 2.70. The van der Waals surface area contributed by atoms with Gasteiger partial charge in [0.05, 0.1) is 6.04 Å². The van der Waals surface area contributed by atoms with Crippen LogP contribution in [0.25, 0.3) is 11.1 Å². The van der Waals surface area contributed by atoms with Crippen molar-refractivity contribution in [1.29, 1.82) is 0 Å². The van der Waals surface area contributed by atoms with Crippen LogP contribution in [0.2, 0.25) is 0 Å². The minimum Gasteiger partial charge on any atom is -0.386 e. The number of nitrogens with one attached hydrogen (secondary N) is 1. The number of alkyl halides is 4. The summed E-state index contributed by atoms with van der Waals surface area (Å²) >= 11 is 10.9. The van der Waals surface area contributed by atoms with E-state index in [1.165, 1.54) is 0 Å². The molecule has 1 heterocycles. The molecule has 2 N–H and O–H groups in total. The molecule has 4 nitrogen and oxygen atoms in total. The SMILES string of the molecule is O=C(NC(CF)C(O)c1ccc(-c2ccc(CN3CC(F)C3)cc2)cc1)C(Cl)Cl. The number of rotatable bonds is 8. The van der Waals surface area contributed by atoms with E-state index in [9.17, 15) is 18.7 Å². The van der Waals surface area contributed by atoms with Gasteiger partial charge >= 0.3 is 0 Å². The van der Waals surface area contributed by atoms with E-state index in [1.807, 2.05) is 41.3 Å². The molecule has 0 bridgehead atoms. The second kappa shape index (κ2) is 9.85. The minimum absolute atomic E-state index is 0.465. The molecule has 2 aromatic rings. The standard InChI is InChI=1S/C21H22Cl2F2N2O2/c22-20(23)21(29)26-18(9-24)19(28)16-7-5-15(6-8-16)14-3-1-13(2-4-14)10-27-11-17(25)12-27/h1-8,17-20,28H,9-12H2,(H,26,29). The monoisotopic (exact) mass is 442 g/mol. The van der Waals surface area contributed by atoms with E-state index >= 15 is 0 Å². The molecule has 2 aromatic carbocycles. The fourth-order valence-electron chi connectivity index (χ4n) is 3.25. The summed E-state index contributed by atoms with van der Waals surface area (Å²) in [7, 11) is 0. The largest absolute Gasteiger partial charge is 0.386 e. The van der Waals surface area contributed by atoms with Gasteiger partial charge in [0.15, 0.2) is 4.84 Å². The summed E-state index contributed by atoms with van der Waals surface area (Å²) in [6, 6.07) is 13.8. The molecule has 1 fully saturated rings. The van der Waals surface area contributed by atoms with E-state index in [4.69, 9.17) is 23.2 Å². The molecule has 29 heavy (non-hydrogen) atoms. The number of aliphatic hydroxyl groups is 1. The highest BCUT2D eigenvalue weighted by molar-refractivity contribution is 6.53. The zero-order valence-corrected chi connectivity index (χ0v) is 17.1. The van der Waals surface area contributed by atoms with E-state index < -0.39 is 35.7 Å². The smallest absolute Gasteiger partial charge is 0.253 e. The van der Waals surface area contributed by atoms with Gasteiger partial charge in [-0.15, -0.1) is 0 Å². The summed E-state index contributed by atoms with van der Waals surface area (Å²) < 4.78 is 26.2. The number of carbonyl (C=O) groups excluding carboxylic acids is 1. The Morgan fingerprint density at radius 3 is 2.14 bits per heavy atom. The molecule has 0 aromatic heterocycles. The Morgan fingerprint density at radius 2 is 1.66 bits per heavy atom. The molecule has 156 valence electrons. The molecule has 1 saturated heterocycles. The number of hydrogen-bond acceptors (Lipinski definition) is 3. The second-order valence-corrected chi connectivity index (χ2v) is 8.22. The number of likely N-dealkylation sites (tertiary alicyclic amines) is 1. The van der Waals surface area contributed by atoms with Gasteiger partial charge < -0.3 is 10.4 Å². The van der Waals surface area contributed by atoms with E-state index in [-0.39, 0.29) is 0 Å². The van der Waals surface area contributed by atoms with Crippen molar-refractivity contribution in [1.82, 2.24) is 10.2 Å². The quantitative estimate of drug-likeness (QED) is 0.611. The first-order chi connectivity index (χ1) is 13.9. The van der Waals surface area contributed by atoms with Crippen molar-refractivity contribution in [3.05, 3.63) is 59.7 Å². The molecule has 0 saturated carbocycles. The maximum absolute atomic E-state index is 13.3. The molecule has 0 spiro atoms. The number of nitrogens with zero attached hydrogens (tertiary/aromatic N) is 1. The highest BCUT2D eigenvalue weighted by atomic mass is 35.5. The van der Waals surface area contributed by atoms with Crippen LogP contribution in [-0.2, 0) is 11.3 Å². The molecule has 3 rings (SSSR count). The third-order valence-electron chi connectivity index (χ3n) is 4.93. The Kier molecular flexibility index (Phi) is 7.46. The maximum Gasteiger partial charge on any atom is 0.253 e. The summed E-state index contributed by atoms with van der Waals surface area (Å²) in [5.41, 5.74) is 3.51. The lowest BCUT2D eigenvalue weighted by atomic mass is 9.98. The van der Waals surface area contributed by atoms with E-state index in [1.54, 1.807) is 12.1 Å². The van der Waals surface area contributed by atoms with Gasteiger partial charge in [0, 0.05) is 19.6 Å². The van der Waals surface area contributed by atoms with Gasteiger partial charge in [-0.05, 0) is 22.3 Å². The van der Waals surface area contributed by atoms with Crippen LogP contribution < -0.4 is 5.32 Å². The van der Waals surface area contributed by atoms with Crippen molar-refractivity contribution in [2.24, 2.45) is 0 Å². The van der Waals surface area contributed by atoms with Gasteiger partial charge in [0.25, 0.3) is 5.91 Å². The van der Waals surface area contributed by atoms with Crippen LogP contribution in [0.3, 0.4) is 0 Å². The summed E-state index contributed by atoms with van der Waals surface area (Å²) in [4.78, 5) is 12.3. The van der Waals surface area contributed by atoms with Gasteiger partial charge in [0.1, 0.15) is 19.0 Å². The third kappa shape index (κ3) is 5.66. The Balaban J connectivity index is 1.63. The Labute approximate surface area is 178 Å². The topological polar surface area (TPSA) is 52.6 Å². The lowest BCUT2D eigenvalue weighted by Crippen LogP contribution is -2.47. The first kappa shape index (κ1) is 22.0. The van der Waals surface area contributed by atoms with Crippen molar-refractivity contribution in [2.75, 3.05) is 19.8 Å². The number of benzene rings is 2. The van der Waals surface area contributed by atoms with Crippen LogP contribution in [0.5, 0.6) is 0 Å². The number of carbonyl (C=O) groups is 1. The molecule has 8 heteroatoms. The number of aliphatic hydroxyl groups excluding tert-OH is 1. The fourth-order valence-corrected chi connectivity index (χ4v) is 3.38. The summed E-state index contributed by atoms with van der Waals surface area (Å²) in [6.45, 7) is 0.745. The van der Waals surface area contributed by atoms with Crippen molar-refractivity contribution in [3.8, 4) is 11.1 Å². The number of hydrogen-bond donors (Lipinski definition) is 2. The highest BCUT2D eigenvalue weighted by Crippen LogP contribution is 2.25. The Morgan fingerprint density at radius 1 is 1.10 bits per heavy atom. The third-order valence-corrected chi connectivity index (χ3v) is 5.33. The molecule has 1 aliphatic heterocycles. The molecule has 0 aliphatic carbocycles. The summed E-state index contributed by atoms with van der Waals surface area (Å²) in [5.74, 6) is -0.757. The molecule has 2 atom stereocenters. The second-order valence-electron chi connectivity index (χ2n) is 7.13. The predicted molar refractivity (Wildman–Crippen MR) is 110 cm³/mol. The van der Waals surface area contributed by atoms with Crippen molar-refractivity contribution < 1.29 is 18.7 Å². The van der Waals surface area contributed by atoms with Gasteiger partial charge in [-0.2, -0.15) is 0 Å². The summed E-state index contributed by atoms with van der Waals surface area (Å²) in [5, 5.41) is 12.7. The first-order valence-corrected chi connectivity index (χ1v) is 10.1. The van der Waals surface area contributed by atoms with Crippen LogP contribution in [0.1, 0.15) is 17.2 Å². The molecule has 0 radical (unpaired) electrons. The average molecular weight is 443 g/mol. The lowest BCUT2D eigenvalue weighted by Gasteiger charge is -2.34. The summed E-state index contributed by atoms with van der Waals surface area (Å²) in [6.07, 6.45) is -1.94. The van der Waals surface area contributed by atoms with Crippen LogP contribution in [-0.4, -0.2) is 52.7 Å². The zero-order chi connectivity index (χ0) is 21.0. The molecular formula is C21H22Cl2F2N2O2. The normalized spacial score (nSPS) is 17.0. The Bertz CT molecular complexity index is 812. The van der Waals surface area contributed by atoms with Crippen molar-refractivity contribution >= 4 is 29.1 Å². The Hall–Kier alpha value is -1.73.